The lowest BCUT2D eigenvalue weighted by Gasteiger charge is -2.24. The number of nitrogens with one attached hydrogen (secondary N) is 1. The van der Waals surface area contributed by atoms with Crippen LogP contribution in [-0.2, 0) is 11.2 Å². The average molecular weight is 374 g/mol. The van der Waals surface area contributed by atoms with Crippen LogP contribution in [0.25, 0.3) is 0 Å². The summed E-state index contributed by atoms with van der Waals surface area (Å²) in [4.78, 5) is 14.5. The Kier molecular flexibility index (Phi) is 6.08. The maximum Gasteiger partial charge on any atom is 0.222 e. The molecule has 3 nitrogen and oxygen atoms in total. The van der Waals surface area contributed by atoms with Crippen molar-refractivity contribution in [3.8, 4) is 0 Å². The van der Waals surface area contributed by atoms with Crippen molar-refractivity contribution in [2.45, 2.75) is 44.2 Å². The summed E-state index contributed by atoms with van der Waals surface area (Å²) in [6, 6.07) is 9.32. The highest BCUT2D eigenvalue weighted by atomic mass is 79.9. The van der Waals surface area contributed by atoms with Gasteiger partial charge in [-0.15, -0.1) is 12.4 Å². The van der Waals surface area contributed by atoms with Gasteiger partial charge in [0.2, 0.25) is 5.91 Å². The predicted molar refractivity (Wildman–Crippen MR) is 90.9 cm³/mol. The van der Waals surface area contributed by atoms with Gasteiger partial charge in [0.05, 0.1) is 0 Å². The fraction of sp³-hybridized carbons (Fsp3) is 0.562. The molecule has 0 radical (unpaired) electrons. The van der Waals surface area contributed by atoms with Crippen LogP contribution < -0.4 is 5.32 Å². The summed E-state index contributed by atoms with van der Waals surface area (Å²) in [6.45, 7) is 1.81. The van der Waals surface area contributed by atoms with E-state index < -0.39 is 0 Å². The van der Waals surface area contributed by atoms with Crippen LogP contribution in [0.4, 0.5) is 0 Å². The molecule has 0 saturated carbocycles. The normalized spacial score (nSPS) is 24.3. The quantitative estimate of drug-likeness (QED) is 0.882. The molecule has 1 N–H and O–H groups in total. The summed E-state index contributed by atoms with van der Waals surface area (Å²) in [5.41, 5.74) is 1.22. The topological polar surface area (TPSA) is 32.3 Å². The molecular weight excluding hydrogens is 352 g/mol. The molecule has 2 saturated heterocycles. The van der Waals surface area contributed by atoms with Crippen molar-refractivity contribution in [3.63, 3.8) is 0 Å². The van der Waals surface area contributed by atoms with E-state index in [1.54, 1.807) is 0 Å². The van der Waals surface area contributed by atoms with Crippen LogP contribution in [0.1, 0.15) is 31.2 Å². The van der Waals surface area contributed by atoms with E-state index in [-0.39, 0.29) is 12.4 Å². The van der Waals surface area contributed by atoms with Gasteiger partial charge < -0.3 is 10.2 Å². The minimum absolute atomic E-state index is 0. The Hall–Kier alpha value is -0.580. The van der Waals surface area contributed by atoms with E-state index >= 15 is 0 Å². The first-order chi connectivity index (χ1) is 9.72. The summed E-state index contributed by atoms with van der Waals surface area (Å²) in [6.07, 6.45) is 5.04. The molecule has 5 heteroatoms. The van der Waals surface area contributed by atoms with Crippen LogP contribution in [0.3, 0.4) is 0 Å². The Morgan fingerprint density at radius 1 is 1.24 bits per heavy atom. The largest absolute Gasteiger partial charge is 0.341 e. The lowest BCUT2D eigenvalue weighted by atomic mass is 10.1. The molecule has 2 unspecified atom stereocenters. The van der Waals surface area contributed by atoms with E-state index in [1.165, 1.54) is 18.4 Å². The lowest BCUT2D eigenvalue weighted by molar-refractivity contribution is -0.131. The van der Waals surface area contributed by atoms with Gasteiger partial charge in [-0.25, -0.2) is 0 Å². The first kappa shape index (κ1) is 16.8. The zero-order valence-corrected chi connectivity index (χ0v) is 14.5. The fourth-order valence-electron chi connectivity index (χ4n) is 3.27. The molecule has 3 rings (SSSR count). The molecule has 2 aliphatic heterocycles. The molecule has 2 bridgehead atoms. The lowest BCUT2D eigenvalue weighted by Crippen LogP contribution is -2.39. The Morgan fingerprint density at radius 2 is 2.00 bits per heavy atom. The number of amides is 1. The molecule has 116 valence electrons. The number of fused-ring (bicyclic) bond motifs is 2. The number of aryl methyl sites for hydroxylation is 1. The van der Waals surface area contributed by atoms with Crippen molar-refractivity contribution in [1.82, 2.24) is 10.2 Å². The smallest absolute Gasteiger partial charge is 0.222 e. The van der Waals surface area contributed by atoms with Crippen molar-refractivity contribution in [3.05, 3.63) is 34.3 Å². The van der Waals surface area contributed by atoms with Gasteiger partial charge in [0.1, 0.15) is 0 Å². The molecule has 0 spiro atoms. The van der Waals surface area contributed by atoms with Gasteiger partial charge in [0, 0.05) is 36.1 Å². The number of hydrogen-bond donors (Lipinski definition) is 1. The fourth-order valence-corrected chi connectivity index (χ4v) is 3.75. The first-order valence-electron chi connectivity index (χ1n) is 7.49. The van der Waals surface area contributed by atoms with Crippen molar-refractivity contribution < 1.29 is 4.79 Å². The number of benzene rings is 1. The number of halogens is 2. The maximum absolute atomic E-state index is 12.4. The number of hydrogen-bond acceptors (Lipinski definition) is 2. The molecular formula is C16H22BrClN2O. The molecule has 2 heterocycles. The summed E-state index contributed by atoms with van der Waals surface area (Å²) in [7, 11) is 0. The second kappa shape index (κ2) is 7.61. The van der Waals surface area contributed by atoms with E-state index in [0.29, 0.717) is 24.4 Å². The average Bonchev–Trinajstić information content (AvgIpc) is 2.77. The summed E-state index contributed by atoms with van der Waals surface area (Å²) >= 11 is 3.55. The highest BCUT2D eigenvalue weighted by Gasteiger charge is 2.30. The Balaban J connectivity index is 0.00000161. The third-order valence-electron chi connectivity index (χ3n) is 4.44. The Bertz CT molecular complexity index is 497. The van der Waals surface area contributed by atoms with Crippen molar-refractivity contribution in [2.24, 2.45) is 0 Å². The number of likely N-dealkylation sites (tertiary alicyclic amines) is 1. The zero-order valence-electron chi connectivity index (χ0n) is 12.1. The highest BCUT2D eigenvalue weighted by Crippen LogP contribution is 2.22. The van der Waals surface area contributed by atoms with Crippen molar-refractivity contribution >= 4 is 34.2 Å². The van der Waals surface area contributed by atoms with Crippen LogP contribution in [-0.4, -0.2) is 36.0 Å². The minimum Gasteiger partial charge on any atom is -0.341 e. The van der Waals surface area contributed by atoms with E-state index in [2.05, 4.69) is 32.2 Å². The molecule has 0 aliphatic carbocycles. The van der Waals surface area contributed by atoms with E-state index in [1.807, 2.05) is 18.2 Å². The Labute approximate surface area is 141 Å². The third kappa shape index (κ3) is 4.21. The van der Waals surface area contributed by atoms with E-state index in [4.69, 9.17) is 0 Å². The van der Waals surface area contributed by atoms with Gasteiger partial charge in [-0.05, 0) is 37.3 Å². The molecule has 2 atom stereocenters. The number of rotatable bonds is 3. The number of carbonyl (C=O) groups is 1. The van der Waals surface area contributed by atoms with Gasteiger partial charge in [-0.3, -0.25) is 4.79 Å². The molecule has 1 amide bonds. The van der Waals surface area contributed by atoms with Gasteiger partial charge in [0.15, 0.2) is 0 Å². The molecule has 2 aliphatic rings. The molecule has 21 heavy (non-hydrogen) atoms. The minimum atomic E-state index is 0. The summed E-state index contributed by atoms with van der Waals surface area (Å²) in [5.74, 6) is 0.301. The Morgan fingerprint density at radius 3 is 2.81 bits per heavy atom. The zero-order chi connectivity index (χ0) is 13.9. The van der Waals surface area contributed by atoms with Crippen LogP contribution in [0.2, 0.25) is 0 Å². The third-order valence-corrected chi connectivity index (χ3v) is 5.22. The van der Waals surface area contributed by atoms with Crippen LogP contribution >= 0.6 is 28.3 Å². The molecule has 0 aromatic heterocycles. The first-order valence-corrected chi connectivity index (χ1v) is 8.29. The van der Waals surface area contributed by atoms with Crippen LogP contribution in [0.5, 0.6) is 0 Å². The highest BCUT2D eigenvalue weighted by molar-refractivity contribution is 9.10. The predicted octanol–water partition coefficient (Wildman–Crippen LogP) is 3.16. The van der Waals surface area contributed by atoms with Gasteiger partial charge >= 0.3 is 0 Å². The van der Waals surface area contributed by atoms with Crippen molar-refractivity contribution in [1.29, 1.82) is 0 Å². The van der Waals surface area contributed by atoms with E-state index in [0.717, 1.165) is 30.4 Å². The van der Waals surface area contributed by atoms with Gasteiger partial charge in [-0.1, -0.05) is 34.1 Å². The summed E-state index contributed by atoms with van der Waals surface area (Å²) < 4.78 is 1.10. The number of nitrogens with zero attached hydrogens (tertiary/aromatic N) is 1. The van der Waals surface area contributed by atoms with E-state index in [9.17, 15) is 4.79 Å². The SMILES string of the molecule is Cl.O=C(CCc1ccccc1Br)N1CCC2CCC(C1)N2. The number of carbonyl (C=O) groups excluding carboxylic acids is 1. The van der Waals surface area contributed by atoms with Gasteiger partial charge in [0.25, 0.3) is 0 Å². The maximum atomic E-state index is 12.4. The van der Waals surface area contributed by atoms with Crippen LogP contribution in [0.15, 0.2) is 28.7 Å². The molecule has 1 aromatic carbocycles. The standard InChI is InChI=1S/C16H21BrN2O.ClH/c17-15-4-2-1-3-12(15)5-8-16(20)19-10-9-13-6-7-14(11-19)18-13;/h1-4,13-14,18H,5-11H2;1H. The van der Waals surface area contributed by atoms with Gasteiger partial charge in [-0.2, -0.15) is 0 Å². The summed E-state index contributed by atoms with van der Waals surface area (Å²) in [5, 5.41) is 3.62. The monoisotopic (exact) mass is 372 g/mol. The molecule has 2 fully saturated rings. The second-order valence-corrected chi connectivity index (χ2v) is 6.71. The van der Waals surface area contributed by atoms with Crippen LogP contribution in [0, 0.1) is 0 Å². The van der Waals surface area contributed by atoms with Crippen molar-refractivity contribution in [2.75, 3.05) is 13.1 Å². The molecule has 1 aromatic rings. The second-order valence-electron chi connectivity index (χ2n) is 5.86.